The second kappa shape index (κ2) is 7.02. The van der Waals surface area contributed by atoms with Gasteiger partial charge < -0.3 is 19.8 Å². The molecule has 1 N–H and O–H groups in total. The average molecular weight is 276 g/mol. The molecule has 1 aromatic heterocycles. The molecule has 6 heteroatoms. The Morgan fingerprint density at radius 2 is 2.05 bits per heavy atom. The maximum absolute atomic E-state index is 11.7. The molecule has 0 aliphatic heterocycles. The molecule has 108 valence electrons. The van der Waals surface area contributed by atoms with Gasteiger partial charge in [0.15, 0.2) is 5.95 Å². The molecule has 0 aliphatic carbocycles. The minimum Gasteiger partial charge on any atom is -0.539 e. The number of hydrogen-bond donors (Lipinski definition) is 1. The summed E-state index contributed by atoms with van der Waals surface area (Å²) in [4.78, 5) is 2.13. The van der Waals surface area contributed by atoms with Crippen LogP contribution >= 0.6 is 0 Å². The highest BCUT2D eigenvalue weighted by molar-refractivity contribution is 5.22. The molecule has 0 fully saturated rings. The summed E-state index contributed by atoms with van der Waals surface area (Å²) in [5.74, 6) is -0.394. The van der Waals surface area contributed by atoms with Gasteiger partial charge in [-0.2, -0.15) is 0 Å². The van der Waals surface area contributed by atoms with Crippen LogP contribution in [0.1, 0.15) is 12.1 Å². The molecule has 2 aromatic rings. The summed E-state index contributed by atoms with van der Waals surface area (Å²) in [6.45, 7) is 2.31. The Morgan fingerprint density at radius 1 is 1.30 bits per heavy atom. The van der Waals surface area contributed by atoms with Gasteiger partial charge in [0.05, 0.1) is 11.8 Å². The molecule has 1 aromatic carbocycles. The van der Waals surface area contributed by atoms with Crippen molar-refractivity contribution >= 4 is 0 Å². The number of nitrogens with zero attached hydrogens (tertiary/aromatic N) is 3. The SMILES string of the molecule is CN(C)CCCNCc1c([O-])on[n+]1-c1ccccc1. The van der Waals surface area contributed by atoms with E-state index in [9.17, 15) is 5.11 Å². The van der Waals surface area contributed by atoms with Crippen molar-refractivity contribution in [1.29, 1.82) is 0 Å². The van der Waals surface area contributed by atoms with E-state index in [-0.39, 0.29) is 0 Å². The second-order valence-corrected chi connectivity index (χ2v) is 4.89. The highest BCUT2D eigenvalue weighted by Crippen LogP contribution is 2.09. The maximum Gasteiger partial charge on any atom is 0.253 e. The first-order valence-electron chi connectivity index (χ1n) is 6.67. The first-order chi connectivity index (χ1) is 9.68. The van der Waals surface area contributed by atoms with Crippen LogP contribution in [0.25, 0.3) is 5.69 Å². The lowest BCUT2D eigenvalue weighted by molar-refractivity contribution is -0.677. The van der Waals surface area contributed by atoms with Gasteiger partial charge >= 0.3 is 0 Å². The maximum atomic E-state index is 11.7. The van der Waals surface area contributed by atoms with Crippen LogP contribution in [0.5, 0.6) is 5.95 Å². The van der Waals surface area contributed by atoms with Gasteiger partial charge in [-0.05, 0) is 38.3 Å². The van der Waals surface area contributed by atoms with E-state index in [0.717, 1.165) is 25.2 Å². The van der Waals surface area contributed by atoms with Gasteiger partial charge in [-0.25, -0.2) is 0 Å². The molecule has 2 rings (SSSR count). The number of hydrogen-bond acceptors (Lipinski definition) is 5. The van der Waals surface area contributed by atoms with Crippen LogP contribution < -0.4 is 15.1 Å². The van der Waals surface area contributed by atoms with Crippen molar-refractivity contribution in [3.63, 3.8) is 0 Å². The molecule has 0 radical (unpaired) electrons. The van der Waals surface area contributed by atoms with Crippen molar-refractivity contribution in [2.45, 2.75) is 13.0 Å². The van der Waals surface area contributed by atoms with Crippen molar-refractivity contribution < 1.29 is 14.3 Å². The van der Waals surface area contributed by atoms with Crippen LogP contribution in [0.4, 0.5) is 0 Å². The van der Waals surface area contributed by atoms with Crippen molar-refractivity contribution in [1.82, 2.24) is 15.5 Å². The van der Waals surface area contributed by atoms with E-state index >= 15 is 0 Å². The van der Waals surface area contributed by atoms with Crippen molar-refractivity contribution in [3.05, 3.63) is 36.0 Å². The third-order valence-electron chi connectivity index (χ3n) is 2.95. The summed E-state index contributed by atoms with van der Waals surface area (Å²) in [6, 6.07) is 9.49. The molecule has 6 nitrogen and oxygen atoms in total. The molecular formula is C14H20N4O2. The predicted molar refractivity (Wildman–Crippen MR) is 72.4 cm³/mol. The van der Waals surface area contributed by atoms with Gasteiger partial charge in [0.25, 0.3) is 5.69 Å². The zero-order valence-corrected chi connectivity index (χ0v) is 11.9. The Hall–Kier alpha value is -1.92. The molecule has 0 spiro atoms. The zero-order chi connectivity index (χ0) is 14.4. The zero-order valence-electron chi connectivity index (χ0n) is 11.9. The predicted octanol–water partition coefficient (Wildman–Crippen LogP) is 0.0662. The first kappa shape index (κ1) is 14.5. The van der Waals surface area contributed by atoms with E-state index in [1.807, 2.05) is 44.4 Å². The lowest BCUT2D eigenvalue weighted by Crippen LogP contribution is -2.39. The molecule has 0 unspecified atom stereocenters. The summed E-state index contributed by atoms with van der Waals surface area (Å²) < 4.78 is 6.30. The summed E-state index contributed by atoms with van der Waals surface area (Å²) in [7, 11) is 4.08. The van der Waals surface area contributed by atoms with Gasteiger partial charge in [-0.15, -0.1) is 0 Å². The fraction of sp³-hybridized carbons (Fsp3) is 0.429. The molecular weight excluding hydrogens is 256 g/mol. The van der Waals surface area contributed by atoms with Crippen LogP contribution in [0.2, 0.25) is 0 Å². The van der Waals surface area contributed by atoms with E-state index in [4.69, 9.17) is 4.52 Å². The third kappa shape index (κ3) is 3.79. The lowest BCUT2D eigenvalue weighted by Gasteiger charge is -2.08. The number of rotatable bonds is 7. The Balaban J connectivity index is 1.96. The molecule has 0 saturated heterocycles. The van der Waals surface area contributed by atoms with Crippen molar-refractivity contribution in [2.24, 2.45) is 0 Å². The van der Waals surface area contributed by atoms with Crippen LogP contribution in [-0.4, -0.2) is 37.4 Å². The lowest BCUT2D eigenvalue weighted by atomic mass is 10.3. The van der Waals surface area contributed by atoms with E-state index in [2.05, 4.69) is 15.5 Å². The van der Waals surface area contributed by atoms with Gasteiger partial charge in [-0.1, -0.05) is 18.2 Å². The van der Waals surface area contributed by atoms with Gasteiger partial charge in [0, 0.05) is 12.1 Å². The largest absolute Gasteiger partial charge is 0.539 e. The minimum absolute atomic E-state index is 0.394. The van der Waals surface area contributed by atoms with Gasteiger partial charge in [0.2, 0.25) is 5.69 Å². The normalized spacial score (nSPS) is 11.2. The quantitative estimate of drug-likeness (QED) is 0.572. The third-order valence-corrected chi connectivity index (χ3v) is 2.95. The van der Waals surface area contributed by atoms with Crippen LogP contribution in [0, 0.1) is 0 Å². The number of aromatic nitrogens is 2. The highest BCUT2D eigenvalue weighted by Gasteiger charge is 2.19. The van der Waals surface area contributed by atoms with Gasteiger partial charge in [0.1, 0.15) is 0 Å². The standard InChI is InChI=1S/C14H20N4O2/c1-17(2)10-6-9-15-11-13-14(19)20-16-18(13)12-7-4-3-5-8-12/h3-5,7-8,15H,6,9-11H2,1-2H3. The molecule has 20 heavy (non-hydrogen) atoms. The van der Waals surface area contributed by atoms with E-state index < -0.39 is 5.95 Å². The van der Waals surface area contributed by atoms with E-state index in [1.165, 1.54) is 0 Å². The second-order valence-electron chi connectivity index (χ2n) is 4.89. The van der Waals surface area contributed by atoms with E-state index in [0.29, 0.717) is 12.2 Å². The summed E-state index contributed by atoms with van der Waals surface area (Å²) in [6.07, 6.45) is 1.03. The Kier molecular flexibility index (Phi) is 5.09. The Morgan fingerprint density at radius 3 is 2.75 bits per heavy atom. The molecule has 1 heterocycles. The number of para-hydroxylation sites is 1. The minimum atomic E-state index is -0.394. The van der Waals surface area contributed by atoms with Crippen LogP contribution in [0.3, 0.4) is 0 Å². The molecule has 0 amide bonds. The Labute approximate surface area is 118 Å². The molecule has 0 bridgehead atoms. The summed E-state index contributed by atoms with van der Waals surface area (Å²) >= 11 is 0. The average Bonchev–Trinajstić information content (AvgIpc) is 2.80. The van der Waals surface area contributed by atoms with Crippen LogP contribution in [-0.2, 0) is 6.54 Å². The van der Waals surface area contributed by atoms with Crippen LogP contribution in [0.15, 0.2) is 34.9 Å². The molecule has 0 aliphatic rings. The topological polar surface area (TPSA) is 68.2 Å². The van der Waals surface area contributed by atoms with Crippen molar-refractivity contribution in [3.8, 4) is 11.6 Å². The monoisotopic (exact) mass is 276 g/mol. The van der Waals surface area contributed by atoms with E-state index in [1.54, 1.807) is 4.68 Å². The fourth-order valence-electron chi connectivity index (χ4n) is 1.91. The fourth-order valence-corrected chi connectivity index (χ4v) is 1.91. The Bertz CT molecular complexity index is 525. The molecule has 0 atom stereocenters. The van der Waals surface area contributed by atoms with Gasteiger partial charge in [-0.3, -0.25) is 0 Å². The summed E-state index contributed by atoms with van der Waals surface area (Å²) in [5.41, 5.74) is 1.34. The summed E-state index contributed by atoms with van der Waals surface area (Å²) in [5, 5.41) is 18.7. The number of benzene rings is 1. The number of nitrogens with one attached hydrogen (secondary N) is 1. The molecule has 0 saturated carbocycles. The van der Waals surface area contributed by atoms with Crippen molar-refractivity contribution in [2.75, 3.05) is 27.2 Å². The highest BCUT2D eigenvalue weighted by atomic mass is 16.6. The smallest absolute Gasteiger partial charge is 0.253 e. The first-order valence-corrected chi connectivity index (χ1v) is 6.67.